The van der Waals surface area contributed by atoms with E-state index in [2.05, 4.69) is 5.32 Å². The van der Waals surface area contributed by atoms with Gasteiger partial charge in [0.05, 0.1) is 17.9 Å². The average molecular weight is 425 g/mol. The second-order valence-electron chi connectivity index (χ2n) is 6.11. The minimum absolute atomic E-state index is 0.0836. The van der Waals surface area contributed by atoms with Crippen LogP contribution in [0, 0.1) is 0 Å². The number of nitrogens with one attached hydrogen (secondary N) is 1. The van der Waals surface area contributed by atoms with Gasteiger partial charge >= 0.3 is 11.9 Å². The number of rotatable bonds is 7. The Balaban J connectivity index is 1.72. The van der Waals surface area contributed by atoms with Crippen molar-refractivity contribution in [3.63, 3.8) is 0 Å². The number of aromatic hydroxyl groups is 1. The Morgan fingerprint density at radius 3 is 2.43 bits per heavy atom. The minimum atomic E-state index is -0.748. The van der Waals surface area contributed by atoms with Crippen molar-refractivity contribution in [3.05, 3.63) is 71.1 Å². The molecule has 1 heterocycles. The number of phenols is 1. The Hall–Kier alpha value is -3.65. The molecule has 0 radical (unpaired) electrons. The molecular formula is C22H19NO6S. The predicted molar refractivity (Wildman–Crippen MR) is 113 cm³/mol. The monoisotopic (exact) mass is 425 g/mol. The fraction of sp³-hybridized carbons (Fsp3) is 0.136. The topological polar surface area (TPSA) is 102 Å². The van der Waals surface area contributed by atoms with Crippen molar-refractivity contribution in [1.82, 2.24) is 0 Å². The molecule has 0 saturated heterocycles. The SMILES string of the molecule is CCOC(=O)c1sc(-c2ccccc2)cc1NC(=O)COC(=O)c1cccc(O)c1. The zero-order chi connectivity index (χ0) is 21.5. The first-order chi connectivity index (χ1) is 14.5. The number of esters is 2. The van der Waals surface area contributed by atoms with Crippen LogP contribution in [0.2, 0.25) is 0 Å². The first-order valence-electron chi connectivity index (χ1n) is 9.10. The molecule has 2 aromatic carbocycles. The molecule has 0 aliphatic rings. The van der Waals surface area contributed by atoms with Gasteiger partial charge in [-0.05, 0) is 36.8 Å². The summed E-state index contributed by atoms with van der Waals surface area (Å²) in [5.41, 5.74) is 1.30. The highest BCUT2D eigenvalue weighted by atomic mass is 32.1. The fourth-order valence-electron chi connectivity index (χ4n) is 2.61. The highest BCUT2D eigenvalue weighted by Gasteiger charge is 2.20. The number of phenolic OH excluding ortho intramolecular Hbond substituents is 1. The van der Waals surface area contributed by atoms with Crippen LogP contribution in [0.15, 0.2) is 60.7 Å². The molecule has 7 nitrogen and oxygen atoms in total. The Bertz CT molecular complexity index is 1060. The van der Waals surface area contributed by atoms with E-state index in [9.17, 15) is 19.5 Å². The Kier molecular flexibility index (Phi) is 6.82. The van der Waals surface area contributed by atoms with E-state index in [0.29, 0.717) is 0 Å². The second kappa shape index (κ2) is 9.71. The summed E-state index contributed by atoms with van der Waals surface area (Å²) in [7, 11) is 0. The van der Waals surface area contributed by atoms with Gasteiger partial charge in [0.1, 0.15) is 10.6 Å². The number of hydrogen-bond donors (Lipinski definition) is 2. The summed E-state index contributed by atoms with van der Waals surface area (Å²) in [5, 5.41) is 12.0. The fourth-order valence-corrected chi connectivity index (χ4v) is 3.62. The van der Waals surface area contributed by atoms with E-state index in [1.807, 2.05) is 30.3 Å². The molecule has 30 heavy (non-hydrogen) atoms. The van der Waals surface area contributed by atoms with E-state index in [4.69, 9.17) is 9.47 Å². The van der Waals surface area contributed by atoms with Crippen LogP contribution in [-0.4, -0.2) is 36.2 Å². The molecule has 0 spiro atoms. The molecule has 0 bridgehead atoms. The molecule has 0 aliphatic heterocycles. The van der Waals surface area contributed by atoms with Gasteiger partial charge in [0.25, 0.3) is 5.91 Å². The van der Waals surface area contributed by atoms with Gasteiger partial charge in [0, 0.05) is 4.88 Å². The van der Waals surface area contributed by atoms with Crippen molar-refractivity contribution in [3.8, 4) is 16.2 Å². The zero-order valence-electron chi connectivity index (χ0n) is 16.1. The lowest BCUT2D eigenvalue weighted by Crippen LogP contribution is -2.21. The molecule has 0 saturated carbocycles. The van der Waals surface area contributed by atoms with Crippen LogP contribution in [0.25, 0.3) is 10.4 Å². The molecule has 0 unspecified atom stereocenters. The first kappa shape index (κ1) is 21.1. The van der Waals surface area contributed by atoms with Crippen LogP contribution < -0.4 is 5.32 Å². The lowest BCUT2D eigenvalue weighted by atomic mass is 10.2. The van der Waals surface area contributed by atoms with E-state index >= 15 is 0 Å². The molecule has 154 valence electrons. The number of ether oxygens (including phenoxy) is 2. The maximum atomic E-state index is 12.3. The molecule has 2 N–H and O–H groups in total. The maximum Gasteiger partial charge on any atom is 0.350 e. The van der Waals surface area contributed by atoms with Crippen LogP contribution in [0.5, 0.6) is 5.75 Å². The third-order valence-electron chi connectivity index (χ3n) is 3.94. The minimum Gasteiger partial charge on any atom is -0.508 e. The number of hydrogen-bond acceptors (Lipinski definition) is 7. The Morgan fingerprint density at radius 1 is 0.967 bits per heavy atom. The van der Waals surface area contributed by atoms with Crippen LogP contribution in [0.4, 0.5) is 5.69 Å². The Morgan fingerprint density at radius 2 is 1.73 bits per heavy atom. The summed E-state index contributed by atoms with van der Waals surface area (Å²) in [6.07, 6.45) is 0. The number of carbonyl (C=O) groups is 3. The summed E-state index contributed by atoms with van der Waals surface area (Å²) in [6, 6.07) is 16.7. The lowest BCUT2D eigenvalue weighted by Gasteiger charge is -2.07. The van der Waals surface area contributed by atoms with Gasteiger partial charge in [-0.2, -0.15) is 0 Å². The number of amides is 1. The van der Waals surface area contributed by atoms with Gasteiger partial charge in [-0.1, -0.05) is 36.4 Å². The maximum absolute atomic E-state index is 12.3. The van der Waals surface area contributed by atoms with E-state index in [0.717, 1.165) is 10.4 Å². The van der Waals surface area contributed by atoms with E-state index in [1.54, 1.807) is 13.0 Å². The van der Waals surface area contributed by atoms with Gasteiger partial charge < -0.3 is 19.9 Å². The molecule has 3 rings (SSSR count). The number of anilines is 1. The summed E-state index contributed by atoms with van der Waals surface area (Å²) >= 11 is 1.20. The van der Waals surface area contributed by atoms with Gasteiger partial charge in [-0.15, -0.1) is 11.3 Å². The highest BCUT2D eigenvalue weighted by Crippen LogP contribution is 2.35. The summed E-state index contributed by atoms with van der Waals surface area (Å²) in [5.74, 6) is -1.98. The normalized spacial score (nSPS) is 10.3. The average Bonchev–Trinajstić information content (AvgIpc) is 3.16. The van der Waals surface area contributed by atoms with Gasteiger partial charge in [0.15, 0.2) is 6.61 Å². The van der Waals surface area contributed by atoms with Crippen molar-refractivity contribution in [2.24, 2.45) is 0 Å². The van der Waals surface area contributed by atoms with Crippen molar-refractivity contribution >= 4 is 34.9 Å². The van der Waals surface area contributed by atoms with Gasteiger partial charge in [-0.25, -0.2) is 9.59 Å². The molecule has 8 heteroatoms. The van der Waals surface area contributed by atoms with Gasteiger partial charge in [-0.3, -0.25) is 4.79 Å². The molecule has 1 amide bonds. The highest BCUT2D eigenvalue weighted by molar-refractivity contribution is 7.18. The third-order valence-corrected chi connectivity index (χ3v) is 5.11. The van der Waals surface area contributed by atoms with Crippen LogP contribution in [0.3, 0.4) is 0 Å². The van der Waals surface area contributed by atoms with Crippen molar-refractivity contribution in [2.45, 2.75) is 6.92 Å². The van der Waals surface area contributed by atoms with E-state index < -0.39 is 24.5 Å². The summed E-state index contributed by atoms with van der Waals surface area (Å²) in [6.45, 7) is 1.35. The summed E-state index contributed by atoms with van der Waals surface area (Å²) in [4.78, 5) is 37.7. The molecule has 0 atom stereocenters. The lowest BCUT2D eigenvalue weighted by molar-refractivity contribution is -0.119. The standard InChI is InChI=1S/C22H19NO6S/c1-2-28-22(27)20-17(12-18(30-20)14-7-4-3-5-8-14)23-19(25)13-29-21(26)15-9-6-10-16(24)11-15/h3-12,24H,2,13H2,1H3,(H,23,25). The molecule has 1 aromatic heterocycles. The zero-order valence-corrected chi connectivity index (χ0v) is 16.9. The number of carbonyl (C=O) groups excluding carboxylic acids is 3. The van der Waals surface area contributed by atoms with Crippen molar-refractivity contribution in [1.29, 1.82) is 0 Å². The van der Waals surface area contributed by atoms with Crippen LogP contribution >= 0.6 is 11.3 Å². The largest absolute Gasteiger partial charge is 0.508 e. The summed E-state index contributed by atoms with van der Waals surface area (Å²) < 4.78 is 10.1. The molecular weight excluding hydrogens is 406 g/mol. The molecule has 0 aliphatic carbocycles. The quantitative estimate of drug-likeness (QED) is 0.553. The van der Waals surface area contributed by atoms with Crippen LogP contribution in [0.1, 0.15) is 27.0 Å². The Labute approximate surface area is 176 Å². The van der Waals surface area contributed by atoms with E-state index in [1.165, 1.54) is 35.6 Å². The number of thiophene rings is 1. The van der Waals surface area contributed by atoms with Crippen molar-refractivity contribution < 1.29 is 29.0 Å². The number of benzene rings is 2. The van der Waals surface area contributed by atoms with E-state index in [-0.39, 0.29) is 28.5 Å². The predicted octanol–water partition coefficient (Wildman–Crippen LogP) is 4.09. The van der Waals surface area contributed by atoms with Gasteiger partial charge in [0.2, 0.25) is 0 Å². The first-order valence-corrected chi connectivity index (χ1v) is 9.92. The smallest absolute Gasteiger partial charge is 0.350 e. The molecule has 3 aromatic rings. The third kappa shape index (κ3) is 5.24. The van der Waals surface area contributed by atoms with Crippen molar-refractivity contribution in [2.75, 3.05) is 18.5 Å². The van der Waals surface area contributed by atoms with Crippen LogP contribution in [-0.2, 0) is 14.3 Å². The second-order valence-corrected chi connectivity index (χ2v) is 7.17. The molecule has 0 fully saturated rings.